The lowest BCUT2D eigenvalue weighted by molar-refractivity contribution is 0.475. The Kier molecular flexibility index (Phi) is 3.71. The summed E-state index contributed by atoms with van der Waals surface area (Å²) in [5, 5.41) is 9.52. The molecule has 0 saturated carbocycles. The van der Waals surface area contributed by atoms with E-state index in [0.29, 0.717) is 4.99 Å². The van der Waals surface area contributed by atoms with Crippen LogP contribution in [0.3, 0.4) is 0 Å². The third kappa shape index (κ3) is 2.85. The molecule has 0 atom stereocenters. The highest BCUT2D eigenvalue weighted by molar-refractivity contribution is 7.80. The number of hydrogen-bond acceptors (Lipinski definition) is 3. The summed E-state index contributed by atoms with van der Waals surface area (Å²) in [6, 6.07) is 13.0. The van der Waals surface area contributed by atoms with E-state index in [0.717, 1.165) is 22.5 Å². The van der Waals surface area contributed by atoms with Gasteiger partial charge in [0, 0.05) is 30.1 Å². The van der Waals surface area contributed by atoms with E-state index in [2.05, 4.69) is 0 Å². The number of thiocarbonyl (C=S) groups is 1. The van der Waals surface area contributed by atoms with Gasteiger partial charge in [-0.25, -0.2) is 0 Å². The highest BCUT2D eigenvalue weighted by Gasteiger charge is 2.08. The predicted octanol–water partition coefficient (Wildman–Crippen LogP) is 3.10. The average Bonchev–Trinajstić information content (AvgIpc) is 2.37. The Morgan fingerprint density at radius 1 is 1.16 bits per heavy atom. The topological polar surface area (TPSA) is 49.5 Å². The number of hydrogen-bond donors (Lipinski definition) is 2. The molecule has 3 N–H and O–H groups in total. The number of aryl methyl sites for hydroxylation is 1. The van der Waals surface area contributed by atoms with Gasteiger partial charge in [-0.3, -0.25) is 0 Å². The molecule has 3 nitrogen and oxygen atoms in total. The largest absolute Gasteiger partial charge is 0.508 e. The van der Waals surface area contributed by atoms with Crippen molar-refractivity contribution in [1.82, 2.24) is 0 Å². The Hall–Kier alpha value is -2.07. The zero-order chi connectivity index (χ0) is 14.0. The second kappa shape index (κ2) is 5.28. The third-order valence-electron chi connectivity index (χ3n) is 3.08. The Morgan fingerprint density at radius 3 is 2.42 bits per heavy atom. The number of benzene rings is 2. The summed E-state index contributed by atoms with van der Waals surface area (Å²) in [6.07, 6.45) is 0. The van der Waals surface area contributed by atoms with Crippen LogP contribution < -0.4 is 10.6 Å². The van der Waals surface area contributed by atoms with Crippen molar-refractivity contribution in [2.45, 2.75) is 6.92 Å². The lowest BCUT2D eigenvalue weighted by atomic mass is 10.1. The number of nitrogens with zero attached hydrogens (tertiary/aromatic N) is 1. The fourth-order valence-electron chi connectivity index (χ4n) is 1.98. The molecule has 0 spiro atoms. The second-order valence-corrected chi connectivity index (χ2v) is 4.88. The molecule has 0 aliphatic heterocycles. The molecule has 19 heavy (non-hydrogen) atoms. The Balaban J connectivity index is 2.37. The van der Waals surface area contributed by atoms with Crippen LogP contribution >= 0.6 is 12.2 Å². The highest BCUT2D eigenvalue weighted by atomic mass is 32.1. The van der Waals surface area contributed by atoms with E-state index in [-0.39, 0.29) is 5.75 Å². The first-order chi connectivity index (χ1) is 8.99. The maximum Gasteiger partial charge on any atom is 0.117 e. The molecule has 0 aliphatic carbocycles. The zero-order valence-electron chi connectivity index (χ0n) is 10.9. The fraction of sp³-hybridized carbons (Fsp3) is 0.133. The summed E-state index contributed by atoms with van der Waals surface area (Å²) in [5.41, 5.74) is 9.52. The van der Waals surface area contributed by atoms with Gasteiger partial charge in [0.2, 0.25) is 0 Å². The molecule has 0 aromatic heterocycles. The molecule has 2 rings (SSSR count). The molecular weight excluding hydrogens is 256 g/mol. The molecule has 2 aromatic carbocycles. The van der Waals surface area contributed by atoms with Gasteiger partial charge in [0.1, 0.15) is 10.7 Å². The second-order valence-electron chi connectivity index (χ2n) is 4.44. The van der Waals surface area contributed by atoms with Crippen LogP contribution in [0, 0.1) is 6.92 Å². The fourth-order valence-corrected chi connectivity index (χ4v) is 2.21. The number of nitrogens with two attached hydrogens (primary N) is 1. The number of aromatic hydroxyl groups is 1. The minimum atomic E-state index is 0.251. The zero-order valence-corrected chi connectivity index (χ0v) is 11.7. The molecule has 0 heterocycles. The monoisotopic (exact) mass is 272 g/mol. The molecule has 0 aliphatic rings. The van der Waals surface area contributed by atoms with Gasteiger partial charge in [0.05, 0.1) is 0 Å². The average molecular weight is 272 g/mol. The summed E-state index contributed by atoms with van der Waals surface area (Å²) in [6.45, 7) is 1.98. The van der Waals surface area contributed by atoms with Crippen LogP contribution in [0.15, 0.2) is 42.5 Å². The van der Waals surface area contributed by atoms with Gasteiger partial charge < -0.3 is 15.7 Å². The van der Waals surface area contributed by atoms with E-state index in [9.17, 15) is 5.11 Å². The molecule has 0 saturated heterocycles. The summed E-state index contributed by atoms with van der Waals surface area (Å²) < 4.78 is 0. The van der Waals surface area contributed by atoms with Gasteiger partial charge in [0.25, 0.3) is 0 Å². The molecule has 0 fully saturated rings. The van der Waals surface area contributed by atoms with Gasteiger partial charge in [-0.2, -0.15) is 0 Å². The molecule has 0 bridgehead atoms. The van der Waals surface area contributed by atoms with Gasteiger partial charge in [0.15, 0.2) is 0 Å². The van der Waals surface area contributed by atoms with Crippen molar-refractivity contribution in [1.29, 1.82) is 0 Å². The van der Waals surface area contributed by atoms with Crippen molar-refractivity contribution < 1.29 is 5.11 Å². The predicted molar refractivity (Wildman–Crippen MR) is 83.2 cm³/mol. The van der Waals surface area contributed by atoms with Crippen molar-refractivity contribution in [2.75, 3.05) is 11.9 Å². The number of phenolic OH excluding ortho intramolecular Hbond substituents is 1. The Labute approximate surface area is 118 Å². The summed E-state index contributed by atoms with van der Waals surface area (Å²) in [5.74, 6) is 0.251. The molecule has 0 radical (unpaired) electrons. The smallest absolute Gasteiger partial charge is 0.117 e. The normalized spacial score (nSPS) is 10.2. The van der Waals surface area contributed by atoms with Crippen molar-refractivity contribution in [3.8, 4) is 5.75 Å². The Morgan fingerprint density at radius 2 is 1.84 bits per heavy atom. The van der Waals surface area contributed by atoms with Crippen molar-refractivity contribution in [3.05, 3.63) is 53.6 Å². The lowest BCUT2D eigenvalue weighted by Gasteiger charge is -2.21. The van der Waals surface area contributed by atoms with E-state index in [1.165, 1.54) is 0 Å². The maximum absolute atomic E-state index is 9.52. The number of rotatable bonds is 3. The van der Waals surface area contributed by atoms with E-state index < -0.39 is 0 Å². The first kappa shape index (κ1) is 13.4. The van der Waals surface area contributed by atoms with Crippen LogP contribution in [0.5, 0.6) is 5.75 Å². The van der Waals surface area contributed by atoms with E-state index in [1.54, 1.807) is 12.1 Å². The van der Waals surface area contributed by atoms with Crippen molar-refractivity contribution >= 4 is 28.6 Å². The van der Waals surface area contributed by atoms with Crippen LogP contribution in [0.25, 0.3) is 0 Å². The van der Waals surface area contributed by atoms with Crippen LogP contribution in [0.4, 0.5) is 11.4 Å². The maximum atomic E-state index is 9.52. The first-order valence-corrected chi connectivity index (χ1v) is 6.33. The Bertz CT molecular complexity index is 625. The molecule has 98 valence electrons. The molecule has 0 unspecified atom stereocenters. The number of anilines is 2. The van der Waals surface area contributed by atoms with Gasteiger partial charge >= 0.3 is 0 Å². The summed E-state index contributed by atoms with van der Waals surface area (Å²) in [7, 11) is 1.95. The quantitative estimate of drug-likeness (QED) is 0.843. The summed E-state index contributed by atoms with van der Waals surface area (Å²) >= 11 is 5.00. The van der Waals surface area contributed by atoms with Crippen molar-refractivity contribution in [3.63, 3.8) is 0 Å². The number of phenols is 1. The van der Waals surface area contributed by atoms with Crippen LogP contribution in [0.2, 0.25) is 0 Å². The lowest BCUT2D eigenvalue weighted by Crippen LogP contribution is -2.13. The third-order valence-corrected chi connectivity index (χ3v) is 3.30. The van der Waals surface area contributed by atoms with Gasteiger partial charge in [-0.05, 0) is 42.8 Å². The van der Waals surface area contributed by atoms with Crippen LogP contribution in [0.1, 0.15) is 11.1 Å². The minimum Gasteiger partial charge on any atom is -0.508 e. The SMILES string of the molecule is Cc1cc(N(C)c2cccc(O)c2)ccc1C(N)=S. The van der Waals surface area contributed by atoms with E-state index in [4.69, 9.17) is 18.0 Å². The van der Waals surface area contributed by atoms with Gasteiger partial charge in [-0.15, -0.1) is 0 Å². The van der Waals surface area contributed by atoms with Crippen molar-refractivity contribution in [2.24, 2.45) is 5.73 Å². The van der Waals surface area contributed by atoms with E-state index >= 15 is 0 Å². The van der Waals surface area contributed by atoms with Gasteiger partial charge in [-0.1, -0.05) is 18.3 Å². The van der Waals surface area contributed by atoms with E-state index in [1.807, 2.05) is 49.2 Å². The highest BCUT2D eigenvalue weighted by Crippen LogP contribution is 2.27. The summed E-state index contributed by atoms with van der Waals surface area (Å²) in [4.78, 5) is 2.40. The van der Waals surface area contributed by atoms with Crippen LogP contribution in [-0.4, -0.2) is 17.1 Å². The standard InChI is InChI=1S/C15H16N2OS/c1-10-8-12(6-7-14(10)15(16)19)17(2)11-4-3-5-13(18)9-11/h3-9,18H,1-2H3,(H2,16,19). The molecule has 4 heteroatoms. The molecule has 2 aromatic rings. The minimum absolute atomic E-state index is 0.251. The van der Waals surface area contributed by atoms with Crippen LogP contribution in [-0.2, 0) is 0 Å². The first-order valence-electron chi connectivity index (χ1n) is 5.92. The molecule has 0 amide bonds. The molecular formula is C15H16N2OS.